The minimum Gasteiger partial charge on any atom is -0.366 e. The van der Waals surface area contributed by atoms with Gasteiger partial charge in [0.25, 0.3) is 5.91 Å². The van der Waals surface area contributed by atoms with Gasteiger partial charge in [-0.2, -0.15) is 10.2 Å². The lowest BCUT2D eigenvalue weighted by atomic mass is 9.81. The van der Waals surface area contributed by atoms with Crippen molar-refractivity contribution in [3.05, 3.63) is 45.8 Å². The first kappa shape index (κ1) is 18.6. The molecule has 148 valence electrons. The van der Waals surface area contributed by atoms with E-state index in [1.807, 2.05) is 0 Å². The molecule has 10 heteroatoms. The minimum absolute atomic E-state index is 0.0593. The Morgan fingerprint density at radius 1 is 1.41 bits per heavy atom. The fourth-order valence-corrected chi connectivity index (χ4v) is 3.55. The fraction of sp³-hybridized carbons (Fsp3) is 0.316. The van der Waals surface area contributed by atoms with E-state index in [4.69, 9.17) is 11.0 Å². The monoisotopic (exact) mass is 395 g/mol. The number of fused-ring (bicyclic) bond motifs is 1. The molecule has 4 rings (SSSR count). The van der Waals surface area contributed by atoms with Crippen LogP contribution >= 0.6 is 0 Å². The van der Waals surface area contributed by atoms with Crippen LogP contribution in [-0.4, -0.2) is 25.0 Å². The molecule has 2 heterocycles. The highest BCUT2D eigenvalue weighted by molar-refractivity contribution is 5.94. The Labute approximate surface area is 164 Å². The highest BCUT2D eigenvalue weighted by atomic mass is 19.1. The Bertz CT molecular complexity index is 1250. The topological polar surface area (TPSA) is 132 Å². The second-order valence-corrected chi connectivity index (χ2v) is 7.20. The number of nitriles is 1. The van der Waals surface area contributed by atoms with Gasteiger partial charge in [0.1, 0.15) is 11.3 Å². The van der Waals surface area contributed by atoms with Crippen LogP contribution in [0.25, 0.3) is 11.2 Å². The number of hydrogen-bond donors (Lipinski definition) is 2. The Kier molecular flexibility index (Phi) is 4.30. The predicted octanol–water partition coefficient (Wildman–Crippen LogP) is 1.89. The molecule has 0 saturated heterocycles. The number of carbonyl (C=O) groups excluding carboxylic acids is 1. The smallest absolute Gasteiger partial charge is 0.330 e. The highest BCUT2D eigenvalue weighted by Crippen LogP contribution is 2.37. The van der Waals surface area contributed by atoms with Crippen LogP contribution in [0.5, 0.6) is 0 Å². The molecule has 0 radical (unpaired) electrons. The van der Waals surface area contributed by atoms with Crippen molar-refractivity contribution in [2.24, 2.45) is 18.7 Å². The number of rotatable bonds is 4. The Hall–Kier alpha value is -3.74. The lowest BCUT2D eigenvalue weighted by Gasteiger charge is -2.31. The number of aromatic nitrogens is 4. The molecule has 1 fully saturated rings. The van der Waals surface area contributed by atoms with Crippen LogP contribution < -0.4 is 16.7 Å². The van der Waals surface area contributed by atoms with Crippen LogP contribution in [-0.2, 0) is 7.05 Å². The third-order valence-electron chi connectivity index (χ3n) is 5.32. The first-order valence-electron chi connectivity index (χ1n) is 9.00. The number of nitrogens with two attached hydrogens (primary N) is 1. The maximum Gasteiger partial charge on any atom is 0.330 e. The van der Waals surface area contributed by atoms with Crippen molar-refractivity contribution < 1.29 is 9.18 Å². The quantitative estimate of drug-likeness (QED) is 0.693. The minimum atomic E-state index is -0.848. The average molecular weight is 395 g/mol. The van der Waals surface area contributed by atoms with Gasteiger partial charge >= 0.3 is 5.69 Å². The number of halogens is 1. The zero-order valence-corrected chi connectivity index (χ0v) is 15.8. The average Bonchev–Trinajstić information content (AvgIpc) is 2.88. The second-order valence-electron chi connectivity index (χ2n) is 7.20. The summed E-state index contributed by atoms with van der Waals surface area (Å²) in [6, 6.07) is 4.63. The standard InChI is InChI=1S/C19H18FN7O2/c1-9-3-12(16(22)28)13(20)6-14(9)24-18-23-8-15-17(25-18)27(19(29)26(15)2)11-4-10(5-11)7-21/h3,6,8,10-11H,4-5H2,1-2H3,(H2,22,28)(H,23,24,25)/t10-,11+. The molecule has 0 atom stereocenters. The van der Waals surface area contributed by atoms with E-state index in [0.29, 0.717) is 35.3 Å². The third-order valence-corrected chi connectivity index (χ3v) is 5.32. The molecule has 3 N–H and O–H groups in total. The SMILES string of the molecule is Cc1cc(C(N)=O)c(F)cc1Nc1ncc2c(n1)n([C@H]1C[C@@H](C#N)C1)c(=O)n2C. The van der Waals surface area contributed by atoms with Crippen molar-refractivity contribution in [2.45, 2.75) is 25.8 Å². The number of carbonyl (C=O) groups is 1. The molecule has 0 unspecified atom stereocenters. The van der Waals surface area contributed by atoms with Crippen LogP contribution in [0.2, 0.25) is 0 Å². The summed E-state index contributed by atoms with van der Waals surface area (Å²) in [4.78, 5) is 32.6. The number of benzene rings is 1. The normalized spacial score (nSPS) is 18.3. The maximum absolute atomic E-state index is 14.1. The van der Waals surface area contributed by atoms with E-state index < -0.39 is 11.7 Å². The molecular weight excluding hydrogens is 377 g/mol. The van der Waals surface area contributed by atoms with Crippen molar-refractivity contribution in [2.75, 3.05) is 5.32 Å². The zero-order valence-electron chi connectivity index (χ0n) is 15.8. The number of hydrogen-bond acceptors (Lipinski definition) is 6. The number of nitrogens with zero attached hydrogens (tertiary/aromatic N) is 5. The van der Waals surface area contributed by atoms with Gasteiger partial charge in [-0.05, 0) is 37.5 Å². The van der Waals surface area contributed by atoms with Gasteiger partial charge in [-0.1, -0.05) is 0 Å². The van der Waals surface area contributed by atoms with Crippen LogP contribution in [0.3, 0.4) is 0 Å². The summed E-state index contributed by atoms with van der Waals surface area (Å²) >= 11 is 0. The lowest BCUT2D eigenvalue weighted by Crippen LogP contribution is -2.33. The predicted molar refractivity (Wildman–Crippen MR) is 103 cm³/mol. The van der Waals surface area contributed by atoms with Crippen molar-refractivity contribution in [3.63, 3.8) is 0 Å². The summed E-state index contributed by atoms with van der Waals surface area (Å²) in [7, 11) is 1.64. The van der Waals surface area contributed by atoms with Gasteiger partial charge in [0.15, 0.2) is 5.65 Å². The van der Waals surface area contributed by atoms with E-state index in [9.17, 15) is 14.0 Å². The van der Waals surface area contributed by atoms with Crippen molar-refractivity contribution >= 4 is 28.7 Å². The highest BCUT2D eigenvalue weighted by Gasteiger charge is 2.33. The maximum atomic E-state index is 14.1. The summed E-state index contributed by atoms with van der Waals surface area (Å²) in [5.74, 6) is -1.47. The second kappa shape index (κ2) is 6.70. The molecule has 0 bridgehead atoms. The molecular formula is C19H18FN7O2. The largest absolute Gasteiger partial charge is 0.366 e. The summed E-state index contributed by atoms with van der Waals surface area (Å²) < 4.78 is 17.2. The summed E-state index contributed by atoms with van der Waals surface area (Å²) in [5, 5.41) is 11.9. The van der Waals surface area contributed by atoms with E-state index in [2.05, 4.69) is 21.4 Å². The van der Waals surface area contributed by atoms with Gasteiger partial charge in [-0.25, -0.2) is 14.2 Å². The number of aryl methyl sites for hydroxylation is 2. The molecule has 1 aliphatic carbocycles. The van der Waals surface area contributed by atoms with E-state index >= 15 is 0 Å². The molecule has 29 heavy (non-hydrogen) atoms. The Morgan fingerprint density at radius 2 is 2.14 bits per heavy atom. The zero-order chi connectivity index (χ0) is 20.9. The summed E-state index contributed by atoms with van der Waals surface area (Å²) in [5.41, 5.74) is 6.73. The van der Waals surface area contributed by atoms with Crippen LogP contribution in [0.4, 0.5) is 16.0 Å². The number of primary amides is 1. The van der Waals surface area contributed by atoms with Crippen LogP contribution in [0.15, 0.2) is 23.1 Å². The van der Waals surface area contributed by atoms with E-state index in [0.717, 1.165) is 6.07 Å². The molecule has 1 amide bonds. The molecule has 0 spiro atoms. The third kappa shape index (κ3) is 3.00. The molecule has 9 nitrogen and oxygen atoms in total. The summed E-state index contributed by atoms with van der Waals surface area (Å²) in [6.07, 6.45) is 2.72. The van der Waals surface area contributed by atoms with E-state index in [-0.39, 0.29) is 29.2 Å². The molecule has 2 aromatic heterocycles. The van der Waals surface area contributed by atoms with Gasteiger partial charge in [0, 0.05) is 18.8 Å². The number of amides is 1. The van der Waals surface area contributed by atoms with Crippen LogP contribution in [0, 0.1) is 30.0 Å². The van der Waals surface area contributed by atoms with Gasteiger partial charge in [-0.3, -0.25) is 13.9 Å². The van der Waals surface area contributed by atoms with Crippen molar-refractivity contribution in [1.82, 2.24) is 19.1 Å². The molecule has 1 saturated carbocycles. The van der Waals surface area contributed by atoms with Gasteiger partial charge < -0.3 is 11.1 Å². The number of nitrogens with one attached hydrogen (secondary N) is 1. The van der Waals surface area contributed by atoms with Gasteiger partial charge in [0.2, 0.25) is 5.95 Å². The van der Waals surface area contributed by atoms with Gasteiger partial charge in [-0.15, -0.1) is 0 Å². The Balaban J connectivity index is 1.73. The lowest BCUT2D eigenvalue weighted by molar-refractivity contribution is 0.0996. The van der Waals surface area contributed by atoms with Crippen LogP contribution in [0.1, 0.15) is 34.8 Å². The van der Waals surface area contributed by atoms with Crippen molar-refractivity contribution in [3.8, 4) is 6.07 Å². The van der Waals surface area contributed by atoms with E-state index in [1.54, 1.807) is 18.5 Å². The number of anilines is 2. The molecule has 3 aromatic rings. The first-order valence-corrected chi connectivity index (χ1v) is 9.00. The fourth-order valence-electron chi connectivity index (χ4n) is 3.55. The van der Waals surface area contributed by atoms with Gasteiger partial charge in [0.05, 0.1) is 23.7 Å². The molecule has 1 aromatic carbocycles. The molecule has 0 aliphatic heterocycles. The first-order chi connectivity index (χ1) is 13.8. The molecule has 1 aliphatic rings. The number of imidazole rings is 1. The van der Waals surface area contributed by atoms with E-state index in [1.165, 1.54) is 16.8 Å². The summed E-state index contributed by atoms with van der Waals surface area (Å²) in [6.45, 7) is 1.70. The Morgan fingerprint density at radius 3 is 2.79 bits per heavy atom. The van der Waals surface area contributed by atoms with Crippen molar-refractivity contribution in [1.29, 1.82) is 5.26 Å².